The van der Waals surface area contributed by atoms with Crippen LogP contribution in [0.25, 0.3) is 16.3 Å². The van der Waals surface area contributed by atoms with Crippen LogP contribution < -0.4 is 0 Å². The van der Waals surface area contributed by atoms with E-state index in [-0.39, 0.29) is 0 Å². The highest BCUT2D eigenvalue weighted by Crippen LogP contribution is 2.39. The van der Waals surface area contributed by atoms with Gasteiger partial charge in [0.05, 0.1) is 0 Å². The van der Waals surface area contributed by atoms with Gasteiger partial charge in [0, 0.05) is 0 Å². The maximum Gasteiger partial charge on any atom is -0.00540 e. The van der Waals surface area contributed by atoms with E-state index in [4.69, 9.17) is 0 Å². The van der Waals surface area contributed by atoms with Crippen LogP contribution in [0, 0.1) is 0 Å². The Hall–Kier alpha value is -2.34. The zero-order chi connectivity index (χ0) is 13.5. The van der Waals surface area contributed by atoms with Crippen LogP contribution in [0.15, 0.2) is 72.3 Å². The molecule has 0 aliphatic heterocycles. The summed E-state index contributed by atoms with van der Waals surface area (Å²) in [5.74, 6) is 0. The summed E-state index contributed by atoms with van der Waals surface area (Å²) in [6.07, 6.45) is 1.07. The third-order valence-electron chi connectivity index (χ3n) is 4.19. The predicted octanol–water partition coefficient (Wildman–Crippen LogP) is 5.22. The minimum absolute atomic E-state index is 1.07. The van der Waals surface area contributed by atoms with Gasteiger partial charge in [-0.2, -0.15) is 0 Å². The van der Waals surface area contributed by atoms with Crippen molar-refractivity contribution in [1.82, 2.24) is 0 Å². The van der Waals surface area contributed by atoms with E-state index in [1.165, 1.54) is 38.6 Å². The van der Waals surface area contributed by atoms with Gasteiger partial charge in [0.15, 0.2) is 0 Å². The minimum Gasteiger partial charge on any atom is -0.0622 e. The van der Waals surface area contributed by atoms with Crippen molar-refractivity contribution in [2.45, 2.75) is 13.3 Å². The first-order chi connectivity index (χ1) is 9.83. The summed E-state index contributed by atoms with van der Waals surface area (Å²) in [4.78, 5) is 0. The highest BCUT2D eigenvalue weighted by Gasteiger charge is 2.20. The van der Waals surface area contributed by atoms with E-state index in [1.54, 1.807) is 0 Å². The average Bonchev–Trinajstić information content (AvgIpc) is 2.80. The number of allylic oxidation sites excluding steroid dienone is 1. The van der Waals surface area contributed by atoms with Crippen molar-refractivity contribution in [2.75, 3.05) is 0 Å². The van der Waals surface area contributed by atoms with E-state index in [9.17, 15) is 0 Å². The van der Waals surface area contributed by atoms with Crippen molar-refractivity contribution in [1.29, 1.82) is 0 Å². The van der Waals surface area contributed by atoms with Gasteiger partial charge in [-0.3, -0.25) is 0 Å². The third-order valence-corrected chi connectivity index (χ3v) is 4.19. The number of benzene rings is 3. The zero-order valence-electron chi connectivity index (χ0n) is 11.6. The number of hydrogen-bond acceptors (Lipinski definition) is 0. The lowest BCUT2D eigenvalue weighted by atomic mass is 9.95. The lowest BCUT2D eigenvalue weighted by Gasteiger charge is -2.09. The lowest BCUT2D eigenvalue weighted by molar-refractivity contribution is 1.20. The first-order valence-electron chi connectivity index (χ1n) is 7.10. The molecule has 0 heterocycles. The average molecular weight is 256 g/mol. The quantitative estimate of drug-likeness (QED) is 0.560. The van der Waals surface area contributed by atoms with Crippen LogP contribution in [0.3, 0.4) is 0 Å². The molecule has 0 radical (unpaired) electrons. The molecule has 0 amide bonds. The minimum atomic E-state index is 1.07. The molecule has 3 aromatic rings. The summed E-state index contributed by atoms with van der Waals surface area (Å²) in [5, 5.41) is 2.67. The van der Waals surface area contributed by atoms with Crippen molar-refractivity contribution >= 4 is 16.3 Å². The molecule has 4 rings (SSSR count). The summed E-state index contributed by atoms with van der Waals surface area (Å²) in [7, 11) is 0. The molecule has 20 heavy (non-hydrogen) atoms. The van der Waals surface area contributed by atoms with Gasteiger partial charge >= 0.3 is 0 Å². The van der Waals surface area contributed by atoms with E-state index < -0.39 is 0 Å². The molecule has 96 valence electrons. The Kier molecular flexibility index (Phi) is 2.50. The second kappa shape index (κ2) is 4.35. The molecule has 0 aromatic heterocycles. The van der Waals surface area contributed by atoms with Gasteiger partial charge in [-0.25, -0.2) is 0 Å². The Balaban J connectivity index is 1.97. The Morgan fingerprint density at radius 2 is 1.40 bits per heavy atom. The summed E-state index contributed by atoms with van der Waals surface area (Å²) >= 11 is 0. The van der Waals surface area contributed by atoms with Gasteiger partial charge in [-0.05, 0) is 52.4 Å². The van der Waals surface area contributed by atoms with E-state index >= 15 is 0 Å². The normalized spacial score (nSPS) is 13.8. The van der Waals surface area contributed by atoms with Gasteiger partial charge in [0.1, 0.15) is 0 Å². The fraction of sp³-hybridized carbons (Fsp3) is 0.100. The maximum absolute atomic E-state index is 2.35. The van der Waals surface area contributed by atoms with Gasteiger partial charge < -0.3 is 0 Å². The van der Waals surface area contributed by atoms with Crippen molar-refractivity contribution < 1.29 is 0 Å². The summed E-state index contributed by atoms with van der Waals surface area (Å²) < 4.78 is 0. The summed E-state index contributed by atoms with van der Waals surface area (Å²) in [5.41, 5.74) is 7.10. The Labute approximate surface area is 119 Å². The molecule has 0 atom stereocenters. The van der Waals surface area contributed by atoms with Crippen molar-refractivity contribution in [3.8, 4) is 0 Å². The molecule has 0 bridgehead atoms. The SMILES string of the molecule is CC1=C(c2ccccc2)c2cc3ccccc3cc2C1. The van der Waals surface area contributed by atoms with E-state index in [2.05, 4.69) is 73.7 Å². The van der Waals surface area contributed by atoms with Gasteiger partial charge in [-0.1, -0.05) is 66.2 Å². The third kappa shape index (κ3) is 1.69. The molecule has 0 nitrogen and oxygen atoms in total. The number of hydrogen-bond donors (Lipinski definition) is 0. The molecule has 1 aliphatic carbocycles. The largest absolute Gasteiger partial charge is 0.0622 e. The van der Waals surface area contributed by atoms with Crippen molar-refractivity contribution in [3.63, 3.8) is 0 Å². The van der Waals surface area contributed by atoms with Gasteiger partial charge in [-0.15, -0.1) is 0 Å². The predicted molar refractivity (Wildman–Crippen MR) is 85.8 cm³/mol. The lowest BCUT2D eigenvalue weighted by Crippen LogP contribution is -1.88. The first-order valence-corrected chi connectivity index (χ1v) is 7.10. The second-order valence-electron chi connectivity index (χ2n) is 5.55. The molecule has 0 saturated carbocycles. The van der Waals surface area contributed by atoms with E-state index in [1.807, 2.05) is 0 Å². The number of rotatable bonds is 1. The summed E-state index contributed by atoms with van der Waals surface area (Å²) in [6, 6.07) is 24.1. The maximum atomic E-state index is 2.35. The highest BCUT2D eigenvalue weighted by atomic mass is 14.2. The fourth-order valence-electron chi connectivity index (χ4n) is 3.28. The van der Waals surface area contributed by atoms with Crippen LogP contribution in [-0.2, 0) is 6.42 Å². The topological polar surface area (TPSA) is 0 Å². The van der Waals surface area contributed by atoms with E-state index in [0.29, 0.717) is 0 Å². The fourth-order valence-corrected chi connectivity index (χ4v) is 3.28. The van der Waals surface area contributed by atoms with Crippen LogP contribution in [-0.4, -0.2) is 0 Å². The molecule has 0 heteroatoms. The molecule has 3 aromatic carbocycles. The number of fused-ring (bicyclic) bond motifs is 2. The van der Waals surface area contributed by atoms with E-state index in [0.717, 1.165) is 6.42 Å². The summed E-state index contributed by atoms with van der Waals surface area (Å²) in [6.45, 7) is 2.26. The Morgan fingerprint density at radius 1 is 0.750 bits per heavy atom. The zero-order valence-corrected chi connectivity index (χ0v) is 11.6. The van der Waals surface area contributed by atoms with Crippen LogP contribution >= 0.6 is 0 Å². The van der Waals surface area contributed by atoms with Crippen LogP contribution in [0.2, 0.25) is 0 Å². The monoisotopic (exact) mass is 256 g/mol. The second-order valence-corrected chi connectivity index (χ2v) is 5.55. The molecule has 0 spiro atoms. The molecule has 0 saturated heterocycles. The van der Waals surface area contributed by atoms with Crippen molar-refractivity contribution in [2.24, 2.45) is 0 Å². The first kappa shape index (κ1) is 11.5. The van der Waals surface area contributed by atoms with Gasteiger partial charge in [0.25, 0.3) is 0 Å². The molecule has 0 fully saturated rings. The Bertz CT molecular complexity index is 823. The van der Waals surface area contributed by atoms with Gasteiger partial charge in [0.2, 0.25) is 0 Å². The van der Waals surface area contributed by atoms with Crippen molar-refractivity contribution in [3.05, 3.63) is 89.0 Å². The standard InChI is InChI=1S/C20H16/c1-14-11-18-12-16-9-5-6-10-17(16)13-19(18)20(14)15-7-3-2-4-8-15/h2-10,12-13H,11H2,1H3. The van der Waals surface area contributed by atoms with Crippen LogP contribution in [0.4, 0.5) is 0 Å². The molecule has 1 aliphatic rings. The smallest absolute Gasteiger partial charge is 0.00540 e. The Morgan fingerprint density at radius 3 is 2.15 bits per heavy atom. The highest BCUT2D eigenvalue weighted by molar-refractivity contribution is 5.94. The molecular weight excluding hydrogens is 240 g/mol. The molecule has 0 N–H and O–H groups in total. The molecule has 0 unspecified atom stereocenters. The molecular formula is C20H16. The van der Waals surface area contributed by atoms with Crippen LogP contribution in [0.1, 0.15) is 23.6 Å². The van der Waals surface area contributed by atoms with Crippen LogP contribution in [0.5, 0.6) is 0 Å².